The number of benzene rings is 14. The van der Waals surface area contributed by atoms with Crippen LogP contribution in [-0.2, 0) is 0 Å². The molecule has 10 heterocycles. The van der Waals surface area contributed by atoms with Gasteiger partial charge in [-0.3, -0.25) is 0 Å². The molecule has 0 unspecified atom stereocenters. The number of nitrogens with one attached hydrogen (secondary N) is 1. The van der Waals surface area contributed by atoms with Crippen LogP contribution in [0, 0.1) is 3.57 Å². The molecule has 16 heteroatoms. The third-order valence-electron chi connectivity index (χ3n) is 22.0. The van der Waals surface area contributed by atoms with E-state index in [9.17, 15) is 0 Å². The second-order valence-corrected chi connectivity index (χ2v) is 28.2. The van der Waals surface area contributed by atoms with Gasteiger partial charge in [0.2, 0.25) is 0 Å². The Bertz CT molecular complexity index is 6070. The summed E-state index contributed by atoms with van der Waals surface area (Å²) in [5.41, 5.74) is 23.1. The summed E-state index contributed by atoms with van der Waals surface area (Å²) in [6.45, 7) is -0.533. The van der Waals surface area contributed by atoms with Crippen molar-refractivity contribution in [1.29, 1.82) is 0 Å². The molecule has 0 fully saturated rings. The third-order valence-corrected chi connectivity index (χ3v) is 23.2. The molecule has 0 atom stereocenters. The van der Waals surface area contributed by atoms with Crippen LogP contribution in [0.2, 0.25) is 0 Å². The predicted molar refractivity (Wildman–Crippen MR) is 407 cm³/mol. The van der Waals surface area contributed by atoms with Crippen molar-refractivity contribution in [3.05, 3.63) is 246 Å². The van der Waals surface area contributed by atoms with Crippen molar-refractivity contribution in [2.45, 2.75) is 0 Å². The minimum atomic E-state index is -0.230. The molecule has 0 bridgehead atoms. The van der Waals surface area contributed by atoms with Crippen molar-refractivity contribution in [2.24, 2.45) is 0 Å². The number of fused-ring (bicyclic) bond motifs is 8. The SMILES string of the molecule is CNc1c(-c2cc3c4c(c2)Oc2ccccc2B4c2ccccc2O3)cccc1-c1cc2c3c(c1)Oc1ccc(-c4ccc5c6c4Oc4cccc7c4B6c4c(cc(-c6cccc(-c8cc9c%10c(c8)Oc8cccc%11c8B%10c8c(cccc8O9)O%11)c6I)cc4O5)O7)cc1B3c1ccccc1O2. The van der Waals surface area contributed by atoms with Crippen molar-refractivity contribution in [3.63, 3.8) is 0 Å². The van der Waals surface area contributed by atoms with Gasteiger partial charge in [-0.1, -0.05) is 121 Å². The molecule has 0 saturated heterocycles. The molecule has 101 heavy (non-hydrogen) atoms. The minimum Gasteiger partial charge on any atom is -0.458 e. The maximum Gasteiger partial charge on any atom is 0.270 e. The lowest BCUT2D eigenvalue weighted by Gasteiger charge is -2.38. The van der Waals surface area contributed by atoms with Gasteiger partial charge in [0.05, 0.1) is 0 Å². The summed E-state index contributed by atoms with van der Waals surface area (Å²) in [5, 5.41) is 3.61. The number of halogens is 1. The number of hydrogen-bond donors (Lipinski definition) is 1. The summed E-state index contributed by atoms with van der Waals surface area (Å²) in [5.74, 6) is 15.5. The molecule has 0 saturated carbocycles. The normalized spacial score (nSPS) is 14.2. The fourth-order valence-electron chi connectivity index (χ4n) is 17.8. The molecule has 0 amide bonds. The molecule has 14 aromatic rings. The first-order chi connectivity index (χ1) is 49.9. The Morgan fingerprint density at radius 2 is 0.525 bits per heavy atom. The molecule has 0 aromatic heterocycles. The molecule has 0 radical (unpaired) electrons. The lowest BCUT2D eigenvalue weighted by Crippen LogP contribution is -2.59. The molecule has 14 aromatic carbocycles. The molecule has 10 aliphatic rings. The molecule has 0 spiro atoms. The van der Waals surface area contributed by atoms with E-state index in [0.717, 1.165) is 245 Å². The second kappa shape index (κ2) is 19.8. The van der Waals surface area contributed by atoms with Crippen molar-refractivity contribution in [2.75, 3.05) is 12.4 Å². The first-order valence-electron chi connectivity index (χ1n) is 34.0. The van der Waals surface area contributed by atoms with Crippen LogP contribution in [-0.4, -0.2) is 33.9 Å². The molecule has 468 valence electrons. The Labute approximate surface area is 593 Å². The van der Waals surface area contributed by atoms with E-state index in [1.54, 1.807) is 0 Å². The maximum atomic E-state index is 7.17. The molecule has 24 rings (SSSR count). The Balaban J connectivity index is 0.584. The van der Waals surface area contributed by atoms with E-state index in [4.69, 9.17) is 47.4 Å². The van der Waals surface area contributed by atoms with Gasteiger partial charge in [-0.15, -0.1) is 0 Å². The van der Waals surface area contributed by atoms with Crippen molar-refractivity contribution < 1.29 is 47.4 Å². The highest BCUT2D eigenvalue weighted by Crippen LogP contribution is 2.51. The largest absolute Gasteiger partial charge is 0.458 e. The van der Waals surface area contributed by atoms with E-state index in [1.807, 2.05) is 79.8 Å². The first kappa shape index (κ1) is 54.8. The van der Waals surface area contributed by atoms with E-state index in [0.29, 0.717) is 0 Å². The van der Waals surface area contributed by atoms with Gasteiger partial charge in [0.15, 0.2) is 0 Å². The van der Waals surface area contributed by atoms with Crippen molar-refractivity contribution in [3.8, 4) is 171 Å². The number of hydrogen-bond acceptors (Lipinski definition) is 11. The average molecular weight is 1410 g/mol. The van der Waals surface area contributed by atoms with E-state index in [1.165, 1.54) is 0 Å². The van der Waals surface area contributed by atoms with Crippen LogP contribution in [0.3, 0.4) is 0 Å². The number of para-hydroxylation sites is 4. The van der Waals surface area contributed by atoms with E-state index >= 15 is 0 Å². The summed E-state index contributed by atoms with van der Waals surface area (Å²) < 4.78 is 70.0. The number of anilines is 1. The van der Waals surface area contributed by atoms with E-state index in [2.05, 4.69) is 198 Å². The van der Waals surface area contributed by atoms with Crippen LogP contribution in [0.25, 0.3) is 55.6 Å². The minimum absolute atomic E-state index is 0.0202. The van der Waals surface area contributed by atoms with Gasteiger partial charge in [-0.05, 0) is 205 Å². The fraction of sp³-hybridized carbons (Fsp3) is 0.0118. The van der Waals surface area contributed by atoms with Crippen LogP contribution in [0.4, 0.5) is 5.69 Å². The van der Waals surface area contributed by atoms with Crippen LogP contribution in [0.5, 0.6) is 115 Å². The zero-order valence-corrected chi connectivity index (χ0v) is 55.5. The average Bonchev–Trinajstić information content (AvgIpc) is 0.714. The Hall–Kier alpha value is -12.1. The second-order valence-electron chi connectivity index (χ2n) is 27.2. The molecule has 0 aliphatic carbocycles. The predicted octanol–water partition coefficient (Wildman–Crippen LogP) is 13.8. The maximum absolute atomic E-state index is 7.17. The zero-order valence-electron chi connectivity index (χ0n) is 53.4. The first-order valence-corrected chi connectivity index (χ1v) is 35.0. The number of rotatable bonds is 6. The third kappa shape index (κ3) is 7.45. The lowest BCUT2D eigenvalue weighted by atomic mass is 9.33. The highest BCUT2D eigenvalue weighted by atomic mass is 127. The summed E-state index contributed by atoms with van der Waals surface area (Å²) in [7, 11) is 1.97. The zero-order chi connectivity index (χ0) is 65.8. The smallest absolute Gasteiger partial charge is 0.270 e. The van der Waals surface area contributed by atoms with Crippen LogP contribution in [0.1, 0.15) is 0 Å². The molecular weight excluding hydrogens is 1370 g/mol. The lowest BCUT2D eigenvalue weighted by molar-refractivity contribution is 0.442. The molecule has 1 N–H and O–H groups in total. The summed E-state index contributed by atoms with van der Waals surface area (Å²) in [4.78, 5) is 0. The van der Waals surface area contributed by atoms with Gasteiger partial charge in [-0.25, -0.2) is 0 Å². The van der Waals surface area contributed by atoms with Crippen LogP contribution >= 0.6 is 22.6 Å². The van der Waals surface area contributed by atoms with Gasteiger partial charge in [-0.2, -0.15) is 0 Å². The Morgan fingerprint density at radius 3 is 0.960 bits per heavy atom. The number of ether oxygens (including phenoxy) is 10. The Kier molecular flexibility index (Phi) is 10.8. The summed E-state index contributed by atoms with van der Waals surface area (Å²) in [6, 6.07) is 84.1. The molecular formula is C85H44B4INO10. The van der Waals surface area contributed by atoms with Crippen LogP contribution < -0.4 is 118 Å². The van der Waals surface area contributed by atoms with Gasteiger partial charge in [0, 0.05) is 76.7 Å². The molecule has 10 aliphatic heterocycles. The van der Waals surface area contributed by atoms with Gasteiger partial charge >= 0.3 is 0 Å². The standard InChI is InChI=1S/C85H44B4INO10/c1-91-84-49(45-38-67-78-68(39-45)93-57-21-6-3-18-53(57)86(78)52-17-2-5-20-56(52)92-67)15-9-16-50(84)46-40-69-79-70(41-46)95-59-31-29-42(33-55(59)87(79)54-19-4-7-22-58(54)94-69)51-30-32-66-82-85(51)101-65-28-12-27-64-77(65)89(82)81-73(99-64)36-44(37-74(81)100-66)48-14-8-13-47(83(48)90)43-34-71-80-72(35-43)98-63-26-11-24-61-76(63)88(80)75-60(96-61)23-10-25-62(75)97-71/h2-41,91H,1H3. The van der Waals surface area contributed by atoms with Crippen LogP contribution in [0.15, 0.2) is 243 Å². The highest BCUT2D eigenvalue weighted by Gasteiger charge is 2.50. The van der Waals surface area contributed by atoms with E-state index < -0.39 is 0 Å². The monoisotopic (exact) mass is 1410 g/mol. The van der Waals surface area contributed by atoms with Gasteiger partial charge < -0.3 is 52.7 Å². The van der Waals surface area contributed by atoms with Gasteiger partial charge in [0.1, 0.15) is 115 Å². The van der Waals surface area contributed by atoms with Crippen molar-refractivity contribution >= 4 is 121 Å². The fourth-order valence-corrected chi connectivity index (χ4v) is 18.8. The quantitative estimate of drug-likeness (QED) is 0.127. The topological polar surface area (TPSA) is 104 Å². The molecule has 11 nitrogen and oxygen atoms in total. The van der Waals surface area contributed by atoms with Gasteiger partial charge in [0.25, 0.3) is 26.9 Å². The summed E-state index contributed by atoms with van der Waals surface area (Å²) in [6.07, 6.45) is 0. The summed E-state index contributed by atoms with van der Waals surface area (Å²) >= 11 is 2.50. The van der Waals surface area contributed by atoms with E-state index in [-0.39, 0.29) is 26.9 Å². The highest BCUT2D eigenvalue weighted by molar-refractivity contribution is 14.1. The Morgan fingerprint density at radius 1 is 0.228 bits per heavy atom. The van der Waals surface area contributed by atoms with Crippen molar-refractivity contribution in [1.82, 2.24) is 0 Å².